The zero-order valence-electron chi connectivity index (χ0n) is 11.4. The number of esters is 1. The van der Waals surface area contributed by atoms with Gasteiger partial charge in [0, 0.05) is 6.08 Å². The van der Waals surface area contributed by atoms with E-state index in [0.29, 0.717) is 5.75 Å². The molecule has 0 bridgehead atoms. The Morgan fingerprint density at radius 3 is 2.30 bits per heavy atom. The van der Waals surface area contributed by atoms with Gasteiger partial charge < -0.3 is 4.74 Å². The van der Waals surface area contributed by atoms with Gasteiger partial charge in [-0.1, -0.05) is 54.6 Å². The van der Waals surface area contributed by atoms with Gasteiger partial charge >= 0.3 is 5.97 Å². The molecule has 0 fully saturated rings. The smallest absolute Gasteiger partial charge is 0.335 e. The molecule has 0 saturated heterocycles. The molecule has 0 aromatic heterocycles. The highest BCUT2D eigenvalue weighted by molar-refractivity contribution is 5.83. The second-order valence-electron chi connectivity index (χ2n) is 4.51. The number of ether oxygens (including phenoxy) is 1. The fourth-order valence-electron chi connectivity index (χ4n) is 1.89. The van der Waals surface area contributed by atoms with E-state index in [9.17, 15) is 4.79 Å². The van der Waals surface area contributed by atoms with E-state index in [4.69, 9.17) is 4.74 Å². The first-order chi connectivity index (χ1) is 9.84. The van der Waals surface area contributed by atoms with E-state index in [1.165, 1.54) is 11.6 Å². The number of rotatable bonds is 6. The molecule has 2 aromatic carbocycles. The van der Waals surface area contributed by atoms with Crippen LogP contribution in [0.2, 0.25) is 0 Å². The lowest BCUT2D eigenvalue weighted by molar-refractivity contribution is -0.129. The van der Waals surface area contributed by atoms with Crippen molar-refractivity contribution in [3.63, 3.8) is 0 Å². The van der Waals surface area contributed by atoms with Gasteiger partial charge in [0.2, 0.25) is 0 Å². The highest BCUT2D eigenvalue weighted by Crippen LogP contribution is 2.09. The minimum absolute atomic E-state index is 0.323. The molecule has 0 amide bonds. The van der Waals surface area contributed by atoms with Gasteiger partial charge in [0.1, 0.15) is 5.75 Å². The fourth-order valence-corrected chi connectivity index (χ4v) is 1.89. The first kappa shape index (κ1) is 14.1. The standard InChI is InChI=1S/C18H18O2/c19-18(20-17-13-7-3-8-14-17)15-9-2-6-12-16-10-4-1-5-11-16/h1,3-5,7-11,13-15H,2,6,12H2/b15-9+. The molecule has 2 rings (SSSR count). The van der Waals surface area contributed by atoms with Crippen molar-refractivity contribution in [2.75, 3.05) is 0 Å². The van der Waals surface area contributed by atoms with Gasteiger partial charge in [0.15, 0.2) is 0 Å². The van der Waals surface area contributed by atoms with E-state index < -0.39 is 0 Å². The minimum atomic E-state index is -0.323. The molecule has 0 unspecified atom stereocenters. The third kappa shape index (κ3) is 5.11. The van der Waals surface area contributed by atoms with Gasteiger partial charge in [-0.25, -0.2) is 4.79 Å². The Labute approximate surface area is 119 Å². The summed E-state index contributed by atoms with van der Waals surface area (Å²) in [4.78, 5) is 11.5. The first-order valence-corrected chi connectivity index (χ1v) is 6.82. The molecule has 0 aliphatic rings. The van der Waals surface area contributed by atoms with E-state index in [1.807, 2.05) is 42.5 Å². The maximum Gasteiger partial charge on any atom is 0.335 e. The molecule has 0 saturated carbocycles. The van der Waals surface area contributed by atoms with Crippen LogP contribution in [0, 0.1) is 0 Å². The van der Waals surface area contributed by atoms with Crippen molar-refractivity contribution < 1.29 is 9.53 Å². The summed E-state index contributed by atoms with van der Waals surface area (Å²) in [6, 6.07) is 19.4. The van der Waals surface area contributed by atoms with E-state index in [1.54, 1.807) is 12.1 Å². The summed E-state index contributed by atoms with van der Waals surface area (Å²) in [6.45, 7) is 0. The van der Waals surface area contributed by atoms with Crippen LogP contribution in [-0.4, -0.2) is 5.97 Å². The maximum atomic E-state index is 11.5. The lowest BCUT2D eigenvalue weighted by atomic mass is 10.1. The fraction of sp³-hybridized carbons (Fsp3) is 0.167. The number of unbranched alkanes of at least 4 members (excludes halogenated alkanes) is 1. The lowest BCUT2D eigenvalue weighted by Gasteiger charge is -2.00. The molecule has 0 atom stereocenters. The quantitative estimate of drug-likeness (QED) is 0.339. The Bertz CT molecular complexity index is 544. The number of hydrogen-bond acceptors (Lipinski definition) is 2. The summed E-state index contributed by atoms with van der Waals surface area (Å²) in [5.41, 5.74) is 1.33. The Hall–Kier alpha value is -2.35. The van der Waals surface area contributed by atoms with Crippen molar-refractivity contribution in [3.05, 3.63) is 78.4 Å². The van der Waals surface area contributed by atoms with Crippen molar-refractivity contribution in [3.8, 4) is 5.75 Å². The number of allylic oxidation sites excluding steroid dienone is 1. The van der Waals surface area contributed by atoms with Crippen LogP contribution in [0.1, 0.15) is 18.4 Å². The predicted octanol–water partition coefficient (Wildman–Crippen LogP) is 4.17. The summed E-state index contributed by atoms with van der Waals surface area (Å²) < 4.78 is 5.15. The van der Waals surface area contributed by atoms with Crippen LogP contribution in [0.5, 0.6) is 5.75 Å². The molecule has 0 aliphatic carbocycles. The number of carbonyl (C=O) groups is 1. The monoisotopic (exact) mass is 266 g/mol. The first-order valence-electron chi connectivity index (χ1n) is 6.82. The number of para-hydroxylation sites is 1. The molecule has 0 aliphatic heterocycles. The van der Waals surface area contributed by atoms with Crippen LogP contribution < -0.4 is 4.74 Å². The second-order valence-corrected chi connectivity index (χ2v) is 4.51. The Balaban J connectivity index is 1.67. The van der Waals surface area contributed by atoms with Crippen LogP contribution in [0.4, 0.5) is 0 Å². The van der Waals surface area contributed by atoms with Crippen molar-refractivity contribution in [2.45, 2.75) is 19.3 Å². The molecule has 0 radical (unpaired) electrons. The number of aryl methyl sites for hydroxylation is 1. The van der Waals surface area contributed by atoms with E-state index in [0.717, 1.165) is 19.3 Å². The topological polar surface area (TPSA) is 26.3 Å². The van der Waals surface area contributed by atoms with Gasteiger partial charge in [0.25, 0.3) is 0 Å². The number of carbonyl (C=O) groups excluding carboxylic acids is 1. The van der Waals surface area contributed by atoms with E-state index >= 15 is 0 Å². The molecule has 2 aromatic rings. The highest BCUT2D eigenvalue weighted by Gasteiger charge is 1.98. The number of hydrogen-bond donors (Lipinski definition) is 0. The molecule has 0 spiro atoms. The lowest BCUT2D eigenvalue weighted by Crippen LogP contribution is -2.03. The van der Waals surface area contributed by atoms with Crippen molar-refractivity contribution in [1.29, 1.82) is 0 Å². The van der Waals surface area contributed by atoms with Crippen LogP contribution in [0.25, 0.3) is 0 Å². The largest absolute Gasteiger partial charge is 0.423 e. The van der Waals surface area contributed by atoms with Gasteiger partial charge in [-0.2, -0.15) is 0 Å². The minimum Gasteiger partial charge on any atom is -0.423 e. The van der Waals surface area contributed by atoms with Gasteiger partial charge in [0.05, 0.1) is 0 Å². The Morgan fingerprint density at radius 1 is 0.950 bits per heavy atom. The summed E-state index contributed by atoms with van der Waals surface area (Å²) in [6.07, 6.45) is 6.29. The third-order valence-corrected chi connectivity index (χ3v) is 2.89. The average molecular weight is 266 g/mol. The van der Waals surface area contributed by atoms with Gasteiger partial charge in [-0.05, 0) is 37.0 Å². The average Bonchev–Trinajstić information content (AvgIpc) is 2.49. The molecule has 0 N–H and O–H groups in total. The zero-order chi connectivity index (χ0) is 14.0. The van der Waals surface area contributed by atoms with Crippen LogP contribution >= 0.6 is 0 Å². The van der Waals surface area contributed by atoms with Crippen LogP contribution in [-0.2, 0) is 11.2 Å². The van der Waals surface area contributed by atoms with E-state index in [2.05, 4.69) is 12.1 Å². The van der Waals surface area contributed by atoms with Crippen LogP contribution in [0.3, 0.4) is 0 Å². The van der Waals surface area contributed by atoms with Gasteiger partial charge in [-0.3, -0.25) is 0 Å². The SMILES string of the molecule is O=C(/C=C/CCCc1ccccc1)Oc1ccccc1. The predicted molar refractivity (Wildman–Crippen MR) is 80.6 cm³/mol. The second kappa shape index (κ2) is 7.95. The molecular formula is C18H18O2. The van der Waals surface area contributed by atoms with Gasteiger partial charge in [-0.15, -0.1) is 0 Å². The maximum absolute atomic E-state index is 11.5. The summed E-state index contributed by atoms with van der Waals surface area (Å²) in [5, 5.41) is 0. The molecule has 2 nitrogen and oxygen atoms in total. The third-order valence-electron chi connectivity index (χ3n) is 2.89. The van der Waals surface area contributed by atoms with Crippen LogP contribution in [0.15, 0.2) is 72.8 Å². The molecule has 2 heteroatoms. The highest BCUT2D eigenvalue weighted by atomic mass is 16.5. The summed E-state index contributed by atoms with van der Waals surface area (Å²) in [5.74, 6) is 0.252. The van der Waals surface area contributed by atoms with E-state index in [-0.39, 0.29) is 5.97 Å². The molecule has 0 heterocycles. The Morgan fingerprint density at radius 2 is 1.60 bits per heavy atom. The van der Waals surface area contributed by atoms with Crippen molar-refractivity contribution in [1.82, 2.24) is 0 Å². The molecule has 20 heavy (non-hydrogen) atoms. The summed E-state index contributed by atoms with van der Waals surface area (Å²) in [7, 11) is 0. The normalized spacial score (nSPS) is 10.6. The number of benzene rings is 2. The zero-order valence-corrected chi connectivity index (χ0v) is 11.4. The Kier molecular flexibility index (Phi) is 5.59. The molecule has 102 valence electrons. The van der Waals surface area contributed by atoms with Crippen molar-refractivity contribution >= 4 is 5.97 Å². The van der Waals surface area contributed by atoms with Crippen molar-refractivity contribution in [2.24, 2.45) is 0 Å². The molecular weight excluding hydrogens is 248 g/mol. The summed E-state index contributed by atoms with van der Waals surface area (Å²) >= 11 is 0.